The number of benzene rings is 1. The topological polar surface area (TPSA) is 61.4 Å². The highest BCUT2D eigenvalue weighted by Gasteiger charge is 2.34. The highest BCUT2D eigenvalue weighted by molar-refractivity contribution is 14.1. The molecule has 1 aromatic carbocycles. The van der Waals surface area contributed by atoms with Crippen molar-refractivity contribution in [3.63, 3.8) is 0 Å². The normalized spacial score (nSPS) is 12.9. The highest BCUT2D eigenvalue weighted by Crippen LogP contribution is 2.40. The Labute approximate surface area is 205 Å². The van der Waals surface area contributed by atoms with Gasteiger partial charge in [-0.3, -0.25) is 0 Å². The molecule has 0 saturated heterocycles. The van der Waals surface area contributed by atoms with E-state index in [9.17, 15) is 17.6 Å². The second-order valence-corrected chi connectivity index (χ2v) is 10.7. The van der Waals surface area contributed by atoms with Crippen LogP contribution in [0.2, 0.25) is 0 Å². The number of halogens is 6. The smallest absolute Gasteiger partial charge is 0.325 e. The summed E-state index contributed by atoms with van der Waals surface area (Å²) in [5.74, 6) is 0.850. The Kier molecular flexibility index (Phi) is 5.90. The first-order valence-electron chi connectivity index (χ1n) is 8.90. The molecular formula is C18H14F4I2N6S. The fourth-order valence-corrected chi connectivity index (χ4v) is 4.85. The van der Waals surface area contributed by atoms with Crippen molar-refractivity contribution in [3.05, 3.63) is 29.7 Å². The molecule has 0 aliphatic heterocycles. The van der Waals surface area contributed by atoms with Gasteiger partial charge in [-0.1, -0.05) is 6.92 Å². The van der Waals surface area contributed by atoms with Crippen LogP contribution in [-0.2, 0) is 22.0 Å². The predicted molar refractivity (Wildman–Crippen MR) is 128 cm³/mol. The number of alkyl halides is 6. The number of aromatic nitrogens is 6. The number of nitrogens with zero attached hydrogens (tertiary/aromatic N) is 6. The minimum Gasteiger partial charge on any atom is -0.325 e. The molecule has 13 heteroatoms. The molecule has 0 saturated carbocycles. The molecular weight excluding hydrogens is 662 g/mol. The van der Waals surface area contributed by atoms with Gasteiger partial charge in [0.15, 0.2) is 11.5 Å². The van der Waals surface area contributed by atoms with Gasteiger partial charge < -0.3 is 9.13 Å². The van der Waals surface area contributed by atoms with Crippen LogP contribution < -0.4 is 0 Å². The molecule has 3 heterocycles. The summed E-state index contributed by atoms with van der Waals surface area (Å²) in [7, 11) is 3.25. The lowest BCUT2D eigenvalue weighted by Crippen LogP contribution is -2.10. The van der Waals surface area contributed by atoms with Crippen molar-refractivity contribution in [1.29, 1.82) is 0 Å². The Morgan fingerprint density at radius 2 is 1.65 bits per heavy atom. The maximum atomic E-state index is 14.0. The van der Waals surface area contributed by atoms with Gasteiger partial charge in [-0.15, -0.1) is 22.0 Å². The van der Waals surface area contributed by atoms with E-state index in [2.05, 4.69) is 20.2 Å². The zero-order chi connectivity index (χ0) is 22.7. The maximum absolute atomic E-state index is 14.0. The number of hydrogen-bond donors (Lipinski definition) is 0. The lowest BCUT2D eigenvalue weighted by molar-refractivity contribution is 0.114. The molecule has 0 unspecified atom stereocenters. The van der Waals surface area contributed by atoms with Crippen molar-refractivity contribution in [2.75, 3.05) is 5.75 Å². The summed E-state index contributed by atoms with van der Waals surface area (Å²) < 4.78 is 52.0. The fraction of sp³-hybridized carbons (Fsp3) is 0.333. The minimum atomic E-state index is -3.17. The molecule has 0 aliphatic rings. The van der Waals surface area contributed by atoms with E-state index in [0.29, 0.717) is 28.1 Å². The molecule has 6 nitrogen and oxygen atoms in total. The Hall–Kier alpha value is -1.23. The van der Waals surface area contributed by atoms with Crippen molar-refractivity contribution in [1.82, 2.24) is 29.3 Å². The summed E-state index contributed by atoms with van der Waals surface area (Å²) in [6.07, 6.45) is 0. The first-order valence-corrected chi connectivity index (χ1v) is 12.0. The summed E-state index contributed by atoms with van der Waals surface area (Å²) in [5, 5.41) is 7.54. The molecule has 3 aromatic heterocycles. The van der Waals surface area contributed by atoms with Gasteiger partial charge in [0.05, 0.1) is 11.0 Å². The van der Waals surface area contributed by atoms with Crippen LogP contribution in [0.15, 0.2) is 23.1 Å². The molecule has 31 heavy (non-hydrogen) atoms. The quantitative estimate of drug-likeness (QED) is 0.113. The second-order valence-electron chi connectivity index (χ2n) is 6.69. The van der Waals surface area contributed by atoms with Gasteiger partial charge >= 0.3 is 7.86 Å². The Balaban J connectivity index is 1.97. The molecule has 0 spiro atoms. The van der Waals surface area contributed by atoms with Gasteiger partial charge in [0.1, 0.15) is 17.0 Å². The minimum absolute atomic E-state index is 0.270. The van der Waals surface area contributed by atoms with E-state index in [-0.39, 0.29) is 11.3 Å². The lowest BCUT2D eigenvalue weighted by Gasteiger charge is -2.10. The third-order valence-electron chi connectivity index (χ3n) is 4.68. The van der Waals surface area contributed by atoms with Gasteiger partial charge in [-0.05, 0) is 24.0 Å². The number of imidazole rings is 2. The van der Waals surface area contributed by atoms with Crippen LogP contribution in [0.3, 0.4) is 0 Å². The molecule has 0 fully saturated rings. The molecule has 0 amide bonds. The monoisotopic (exact) mass is 676 g/mol. The van der Waals surface area contributed by atoms with Crippen LogP contribution in [0, 0.1) is 0 Å². The average molecular weight is 676 g/mol. The number of hydrogen-bond acceptors (Lipinski definition) is 5. The van der Waals surface area contributed by atoms with Gasteiger partial charge in [-0.25, -0.2) is 9.97 Å². The zero-order valence-corrected chi connectivity index (χ0v) is 21.4. The third-order valence-corrected chi connectivity index (χ3v) is 6.66. The standard InChI is InChI=1S/C18H14F4I2N6S/c1-4-31-12-7-11-9(26-16(29(11)2)18(21,22)24)5-8(12)14-25-10-6-13(17(19,20)23)27-28-15(10)30(14)3/h5-7H,4H2,1-3H3. The predicted octanol–water partition coefficient (Wildman–Crippen LogP) is 6.00. The van der Waals surface area contributed by atoms with Crippen LogP contribution in [0.5, 0.6) is 0 Å². The second kappa shape index (κ2) is 7.97. The van der Waals surface area contributed by atoms with E-state index in [1.165, 1.54) is 22.4 Å². The first kappa shape index (κ1) is 22.9. The van der Waals surface area contributed by atoms with Crippen molar-refractivity contribution < 1.29 is 17.6 Å². The van der Waals surface area contributed by atoms with Crippen LogP contribution in [0.1, 0.15) is 18.4 Å². The van der Waals surface area contributed by atoms with E-state index in [1.54, 1.807) is 30.8 Å². The SMILES string of the molecule is CCSc1cc2c(cc1-c1nc3cc(C(F)(F)I)nnc3n1C)nc(C(F)(F)I)n2C. The fourth-order valence-electron chi connectivity index (χ4n) is 3.29. The van der Waals surface area contributed by atoms with Crippen LogP contribution in [0.25, 0.3) is 33.6 Å². The molecule has 0 N–H and O–H groups in total. The average Bonchev–Trinajstić information content (AvgIpc) is 3.18. The number of fused-ring (bicyclic) bond motifs is 2. The Morgan fingerprint density at radius 3 is 2.26 bits per heavy atom. The van der Waals surface area contributed by atoms with E-state index in [0.717, 1.165) is 55.8 Å². The van der Waals surface area contributed by atoms with E-state index in [1.807, 2.05) is 6.92 Å². The lowest BCUT2D eigenvalue weighted by atomic mass is 10.2. The van der Waals surface area contributed by atoms with E-state index in [4.69, 9.17) is 0 Å². The van der Waals surface area contributed by atoms with Crippen molar-refractivity contribution >= 4 is 79.1 Å². The molecule has 0 radical (unpaired) electrons. The third kappa shape index (κ3) is 4.12. The highest BCUT2D eigenvalue weighted by atomic mass is 127. The Morgan fingerprint density at radius 1 is 0.935 bits per heavy atom. The first-order chi connectivity index (χ1) is 14.4. The van der Waals surface area contributed by atoms with Crippen molar-refractivity contribution in [3.8, 4) is 11.4 Å². The summed E-state index contributed by atoms with van der Waals surface area (Å²) in [6, 6.07) is 4.70. The van der Waals surface area contributed by atoms with Crippen LogP contribution >= 0.6 is 56.9 Å². The van der Waals surface area contributed by atoms with Crippen molar-refractivity contribution in [2.24, 2.45) is 14.1 Å². The van der Waals surface area contributed by atoms with Gasteiger partial charge in [0.25, 0.3) is 0 Å². The maximum Gasteiger partial charge on any atom is 0.353 e. The molecule has 4 aromatic rings. The van der Waals surface area contributed by atoms with Crippen LogP contribution in [-0.4, -0.2) is 35.1 Å². The van der Waals surface area contributed by atoms with Crippen LogP contribution in [0.4, 0.5) is 17.6 Å². The van der Waals surface area contributed by atoms with E-state index < -0.39 is 13.6 Å². The van der Waals surface area contributed by atoms with Gasteiger partial charge in [0.2, 0.25) is 0 Å². The molecule has 0 atom stereocenters. The van der Waals surface area contributed by atoms with Gasteiger partial charge in [-0.2, -0.15) is 17.6 Å². The van der Waals surface area contributed by atoms with Gasteiger partial charge in [0, 0.05) is 69.7 Å². The van der Waals surface area contributed by atoms with E-state index >= 15 is 0 Å². The molecule has 0 aliphatic carbocycles. The summed E-state index contributed by atoms with van der Waals surface area (Å²) in [5.41, 5.74) is 1.74. The van der Waals surface area contributed by atoms with Crippen molar-refractivity contribution in [2.45, 2.75) is 19.7 Å². The Bertz CT molecular complexity index is 1310. The summed E-state index contributed by atoms with van der Waals surface area (Å²) in [4.78, 5) is 9.45. The number of aryl methyl sites for hydroxylation is 2. The summed E-state index contributed by atoms with van der Waals surface area (Å²) >= 11 is 3.57. The zero-order valence-electron chi connectivity index (χ0n) is 16.3. The largest absolute Gasteiger partial charge is 0.353 e. The number of rotatable bonds is 5. The molecule has 0 bridgehead atoms. The molecule has 4 rings (SSSR count). The summed E-state index contributed by atoms with van der Waals surface area (Å²) in [6.45, 7) is 1.97. The molecule has 164 valence electrons. The number of thioether (sulfide) groups is 1.